The van der Waals surface area contributed by atoms with Crippen LogP contribution in [0.2, 0.25) is 0 Å². The Morgan fingerprint density at radius 1 is 1.06 bits per heavy atom. The van der Waals surface area contributed by atoms with E-state index in [2.05, 4.69) is 20.1 Å². The highest BCUT2D eigenvalue weighted by Gasteiger charge is 2.47. The molecule has 0 radical (unpaired) electrons. The van der Waals surface area contributed by atoms with Gasteiger partial charge in [0.25, 0.3) is 0 Å². The summed E-state index contributed by atoms with van der Waals surface area (Å²) in [5, 5.41) is 8.52. The number of H-pyrrole nitrogens is 1. The number of anilines is 3. The number of nitrogens with two attached hydrogens (primary N) is 1. The van der Waals surface area contributed by atoms with Gasteiger partial charge < -0.3 is 10.6 Å². The lowest BCUT2D eigenvalue weighted by Crippen LogP contribution is -2.58. The van der Waals surface area contributed by atoms with Crippen LogP contribution in [0.15, 0.2) is 65.7 Å². The third-order valence-electron chi connectivity index (χ3n) is 7.33. The van der Waals surface area contributed by atoms with E-state index in [4.69, 9.17) is 10.7 Å². The first-order chi connectivity index (χ1) is 17.4. The number of benzene rings is 1. The van der Waals surface area contributed by atoms with Crippen LogP contribution in [0.4, 0.5) is 17.5 Å². The SMILES string of the molecule is Cc1cc(N(c2nc(N)cc3ncccc23)C2CC3CCCC(C2)N3S(=O)(=O)c2ccccc2)n[nH]1. The molecule has 10 heteroatoms. The van der Waals surface area contributed by atoms with Gasteiger partial charge in [0, 0.05) is 47.5 Å². The van der Waals surface area contributed by atoms with Gasteiger partial charge in [-0.2, -0.15) is 9.40 Å². The van der Waals surface area contributed by atoms with Crippen molar-refractivity contribution in [1.82, 2.24) is 24.5 Å². The number of aromatic nitrogens is 4. The Morgan fingerprint density at radius 3 is 2.50 bits per heavy atom. The zero-order valence-corrected chi connectivity index (χ0v) is 20.9. The molecule has 2 saturated heterocycles. The van der Waals surface area contributed by atoms with E-state index in [1.54, 1.807) is 40.8 Å². The molecule has 2 atom stereocenters. The normalized spacial score (nSPS) is 22.5. The monoisotopic (exact) mass is 503 g/mol. The second kappa shape index (κ2) is 8.86. The molecule has 4 aromatic rings. The molecule has 3 aromatic heterocycles. The van der Waals surface area contributed by atoms with E-state index in [9.17, 15) is 8.42 Å². The Kier molecular flexibility index (Phi) is 5.65. The molecule has 0 amide bonds. The maximum atomic E-state index is 13.7. The zero-order chi connectivity index (χ0) is 24.9. The Labute approximate surface area is 210 Å². The van der Waals surface area contributed by atoms with Crippen molar-refractivity contribution in [2.75, 3.05) is 10.6 Å². The average Bonchev–Trinajstić information content (AvgIpc) is 3.29. The van der Waals surface area contributed by atoms with Gasteiger partial charge in [-0.15, -0.1) is 0 Å². The standard InChI is InChI=1S/C26H29N7O2S/c1-17-13-25(31-30-17)32(26-22-11-6-12-28-23(22)16-24(27)29-26)20-14-18-7-5-8-19(15-20)33(18)36(34,35)21-9-3-2-4-10-21/h2-4,6,9-13,16,18-20H,5,7-8,14-15H2,1H3,(H2,27,29)(H,30,31). The van der Waals surface area contributed by atoms with Crippen molar-refractivity contribution in [1.29, 1.82) is 0 Å². The van der Waals surface area contributed by atoms with Crippen LogP contribution in [-0.2, 0) is 10.0 Å². The Bertz CT molecular complexity index is 1490. The highest BCUT2D eigenvalue weighted by molar-refractivity contribution is 7.89. The molecule has 0 aliphatic carbocycles. The maximum absolute atomic E-state index is 13.7. The van der Waals surface area contributed by atoms with Gasteiger partial charge in [0.1, 0.15) is 11.6 Å². The lowest BCUT2D eigenvalue weighted by Gasteiger charge is -2.50. The first kappa shape index (κ1) is 22.9. The van der Waals surface area contributed by atoms with E-state index < -0.39 is 10.0 Å². The number of nitrogens with zero attached hydrogens (tertiary/aromatic N) is 5. The van der Waals surface area contributed by atoms with Gasteiger partial charge in [-0.25, -0.2) is 13.4 Å². The minimum Gasteiger partial charge on any atom is -0.384 e. The maximum Gasteiger partial charge on any atom is 0.243 e. The van der Waals surface area contributed by atoms with Crippen molar-refractivity contribution in [3.8, 4) is 0 Å². The van der Waals surface area contributed by atoms with Crippen molar-refractivity contribution in [3.63, 3.8) is 0 Å². The molecule has 0 spiro atoms. The highest BCUT2D eigenvalue weighted by atomic mass is 32.2. The van der Waals surface area contributed by atoms with E-state index >= 15 is 0 Å². The molecule has 2 unspecified atom stereocenters. The van der Waals surface area contributed by atoms with E-state index in [-0.39, 0.29) is 18.1 Å². The lowest BCUT2D eigenvalue weighted by molar-refractivity contribution is 0.110. The van der Waals surface area contributed by atoms with Crippen LogP contribution in [0.5, 0.6) is 0 Å². The molecule has 1 aromatic carbocycles. The highest BCUT2D eigenvalue weighted by Crippen LogP contribution is 2.43. The number of piperidine rings is 2. The summed E-state index contributed by atoms with van der Waals surface area (Å²) in [5.74, 6) is 1.84. The molecular weight excluding hydrogens is 474 g/mol. The summed E-state index contributed by atoms with van der Waals surface area (Å²) in [6.45, 7) is 1.96. The molecule has 2 aliphatic rings. The molecule has 36 heavy (non-hydrogen) atoms. The van der Waals surface area contributed by atoms with Crippen LogP contribution in [0.3, 0.4) is 0 Å². The summed E-state index contributed by atoms with van der Waals surface area (Å²) in [7, 11) is -3.59. The van der Waals surface area contributed by atoms with E-state index in [1.807, 2.05) is 31.2 Å². The molecule has 0 saturated carbocycles. The third-order valence-corrected chi connectivity index (χ3v) is 9.35. The largest absolute Gasteiger partial charge is 0.384 e. The van der Waals surface area contributed by atoms with Crippen LogP contribution in [-0.4, -0.2) is 51.0 Å². The van der Waals surface area contributed by atoms with Crippen molar-refractivity contribution in [2.45, 2.75) is 62.0 Å². The predicted octanol–water partition coefficient (Wildman–Crippen LogP) is 4.16. The topological polar surface area (TPSA) is 121 Å². The number of fused-ring (bicyclic) bond motifs is 3. The van der Waals surface area contributed by atoms with Crippen LogP contribution in [0.1, 0.15) is 37.8 Å². The Morgan fingerprint density at radius 2 is 1.81 bits per heavy atom. The number of rotatable bonds is 5. The minimum absolute atomic E-state index is 0.00271. The molecule has 2 fully saturated rings. The third kappa shape index (κ3) is 3.90. The molecule has 9 nitrogen and oxygen atoms in total. The van der Waals surface area contributed by atoms with Gasteiger partial charge in [-0.1, -0.05) is 24.6 Å². The average molecular weight is 504 g/mol. The molecule has 2 aliphatic heterocycles. The number of pyridine rings is 2. The van der Waals surface area contributed by atoms with Crippen LogP contribution >= 0.6 is 0 Å². The number of aromatic amines is 1. The molecular formula is C26H29N7O2S. The van der Waals surface area contributed by atoms with E-state index in [0.29, 0.717) is 29.4 Å². The lowest BCUT2D eigenvalue weighted by atomic mass is 9.83. The van der Waals surface area contributed by atoms with Gasteiger partial charge in [0.2, 0.25) is 10.0 Å². The van der Waals surface area contributed by atoms with Crippen LogP contribution < -0.4 is 10.6 Å². The Balaban J connectivity index is 1.43. The van der Waals surface area contributed by atoms with E-state index in [0.717, 1.165) is 41.7 Å². The summed E-state index contributed by atoms with van der Waals surface area (Å²) >= 11 is 0. The first-order valence-corrected chi connectivity index (χ1v) is 13.8. The van der Waals surface area contributed by atoms with Crippen molar-refractivity contribution >= 4 is 38.4 Å². The second-order valence-corrected chi connectivity index (χ2v) is 11.6. The summed E-state index contributed by atoms with van der Waals surface area (Å²) in [5.41, 5.74) is 7.92. The Hall–Kier alpha value is -3.50. The first-order valence-electron chi connectivity index (χ1n) is 12.3. The quantitative estimate of drug-likeness (QED) is 0.419. The van der Waals surface area contributed by atoms with Gasteiger partial charge in [0.15, 0.2) is 5.82 Å². The van der Waals surface area contributed by atoms with Crippen LogP contribution in [0, 0.1) is 6.92 Å². The number of nitrogens with one attached hydrogen (secondary N) is 1. The number of hydrogen-bond acceptors (Lipinski definition) is 7. The van der Waals surface area contributed by atoms with Crippen LogP contribution in [0.25, 0.3) is 10.9 Å². The number of hydrogen-bond donors (Lipinski definition) is 2. The smallest absolute Gasteiger partial charge is 0.243 e. The van der Waals surface area contributed by atoms with Gasteiger partial charge in [0.05, 0.1) is 10.4 Å². The second-order valence-electron chi connectivity index (χ2n) is 9.73. The number of nitrogen functional groups attached to an aromatic ring is 1. The number of aryl methyl sites for hydroxylation is 1. The summed E-state index contributed by atoms with van der Waals surface area (Å²) in [6.07, 6.45) is 5.78. The fraction of sp³-hybridized carbons (Fsp3) is 0.346. The van der Waals surface area contributed by atoms with Gasteiger partial charge >= 0.3 is 0 Å². The fourth-order valence-corrected chi connectivity index (χ4v) is 7.80. The summed E-state index contributed by atoms with van der Waals surface area (Å²) in [4.78, 5) is 11.7. The predicted molar refractivity (Wildman–Crippen MR) is 139 cm³/mol. The van der Waals surface area contributed by atoms with Crippen molar-refractivity contribution in [2.24, 2.45) is 0 Å². The minimum atomic E-state index is -3.59. The van der Waals surface area contributed by atoms with Crippen molar-refractivity contribution < 1.29 is 8.42 Å². The zero-order valence-electron chi connectivity index (χ0n) is 20.1. The molecule has 6 rings (SSSR count). The van der Waals surface area contributed by atoms with Gasteiger partial charge in [-0.3, -0.25) is 10.1 Å². The van der Waals surface area contributed by atoms with Crippen molar-refractivity contribution in [3.05, 3.63) is 66.5 Å². The molecule has 2 bridgehead atoms. The van der Waals surface area contributed by atoms with E-state index in [1.165, 1.54) is 0 Å². The summed E-state index contributed by atoms with van der Waals surface area (Å²) < 4.78 is 29.2. The molecule has 186 valence electrons. The number of sulfonamides is 1. The fourth-order valence-electron chi connectivity index (χ4n) is 5.88. The summed E-state index contributed by atoms with van der Waals surface area (Å²) in [6, 6.07) is 16.2. The molecule has 5 heterocycles. The molecule has 3 N–H and O–H groups in total. The van der Waals surface area contributed by atoms with Gasteiger partial charge in [-0.05, 0) is 56.9 Å².